The van der Waals surface area contributed by atoms with Gasteiger partial charge in [-0.05, 0) is 18.1 Å². The first-order valence-electron chi connectivity index (χ1n) is 5.57. The zero-order chi connectivity index (χ0) is 14.8. The number of sulfonamides is 1. The largest absolute Gasteiger partial charge is 0.396 e. The number of aliphatic hydroxyl groups excluding tert-OH is 1. The van der Waals surface area contributed by atoms with Gasteiger partial charge in [-0.25, -0.2) is 17.5 Å². The second-order valence-electron chi connectivity index (χ2n) is 4.47. The SMILES string of the molecule is CC(C)C(O)CNS(=O)(=O)c1cc(N)c(F)cc1Cl. The highest BCUT2D eigenvalue weighted by atomic mass is 35.5. The van der Waals surface area contributed by atoms with E-state index in [4.69, 9.17) is 17.3 Å². The monoisotopic (exact) mass is 310 g/mol. The topological polar surface area (TPSA) is 92.4 Å². The van der Waals surface area contributed by atoms with Crippen LogP contribution in [0.3, 0.4) is 0 Å². The lowest BCUT2D eigenvalue weighted by atomic mass is 10.1. The predicted octanol–water partition coefficient (Wildman–Crippen LogP) is 1.36. The van der Waals surface area contributed by atoms with Crippen LogP contribution in [0.15, 0.2) is 17.0 Å². The summed E-state index contributed by atoms with van der Waals surface area (Å²) in [5.74, 6) is -0.886. The average Bonchev–Trinajstić information content (AvgIpc) is 2.30. The number of benzene rings is 1. The molecule has 0 aliphatic carbocycles. The van der Waals surface area contributed by atoms with E-state index in [0.717, 1.165) is 12.1 Å². The molecule has 19 heavy (non-hydrogen) atoms. The Hall–Kier alpha value is -0.890. The molecule has 1 aromatic rings. The van der Waals surface area contributed by atoms with Crippen molar-refractivity contribution in [2.45, 2.75) is 24.8 Å². The van der Waals surface area contributed by atoms with Crippen LogP contribution in [0.2, 0.25) is 5.02 Å². The Balaban J connectivity index is 2.98. The molecule has 0 amide bonds. The molecular weight excluding hydrogens is 295 g/mol. The minimum absolute atomic E-state index is 0.101. The summed E-state index contributed by atoms with van der Waals surface area (Å²) in [6.45, 7) is 3.34. The van der Waals surface area contributed by atoms with Crippen molar-refractivity contribution in [2.75, 3.05) is 12.3 Å². The summed E-state index contributed by atoms with van der Waals surface area (Å²) in [5.41, 5.74) is 5.00. The second-order valence-corrected chi connectivity index (χ2v) is 6.61. The van der Waals surface area contributed by atoms with E-state index in [1.54, 1.807) is 13.8 Å². The van der Waals surface area contributed by atoms with Gasteiger partial charge in [0.1, 0.15) is 10.7 Å². The molecule has 0 saturated heterocycles. The molecule has 108 valence electrons. The molecule has 1 unspecified atom stereocenters. The van der Waals surface area contributed by atoms with Crippen molar-refractivity contribution in [3.8, 4) is 0 Å². The number of hydrogen-bond acceptors (Lipinski definition) is 4. The van der Waals surface area contributed by atoms with E-state index in [2.05, 4.69) is 4.72 Å². The van der Waals surface area contributed by atoms with E-state index < -0.39 is 21.9 Å². The molecular formula is C11H16ClFN2O3S. The predicted molar refractivity (Wildman–Crippen MR) is 71.9 cm³/mol. The molecule has 0 heterocycles. The van der Waals surface area contributed by atoms with Gasteiger partial charge in [0.15, 0.2) is 0 Å². The third-order valence-electron chi connectivity index (χ3n) is 2.59. The lowest BCUT2D eigenvalue weighted by Gasteiger charge is -2.16. The Bertz CT molecular complexity index is 563. The van der Waals surface area contributed by atoms with Crippen molar-refractivity contribution < 1.29 is 17.9 Å². The van der Waals surface area contributed by atoms with Gasteiger partial charge in [-0.3, -0.25) is 0 Å². The van der Waals surface area contributed by atoms with Crippen molar-refractivity contribution in [3.05, 3.63) is 23.0 Å². The Morgan fingerprint density at radius 3 is 2.58 bits per heavy atom. The van der Waals surface area contributed by atoms with Crippen LogP contribution in [0.4, 0.5) is 10.1 Å². The molecule has 8 heteroatoms. The summed E-state index contributed by atoms with van der Waals surface area (Å²) in [5, 5.41) is 9.29. The van der Waals surface area contributed by atoms with Gasteiger partial charge in [0, 0.05) is 6.54 Å². The van der Waals surface area contributed by atoms with Crippen LogP contribution in [0.5, 0.6) is 0 Å². The zero-order valence-corrected chi connectivity index (χ0v) is 12.1. The molecule has 0 spiro atoms. The maximum absolute atomic E-state index is 13.1. The molecule has 5 nitrogen and oxygen atoms in total. The summed E-state index contributed by atoms with van der Waals surface area (Å²) in [6, 6.07) is 1.78. The highest BCUT2D eigenvalue weighted by molar-refractivity contribution is 7.89. The van der Waals surface area contributed by atoms with Gasteiger partial charge in [0.2, 0.25) is 10.0 Å². The fourth-order valence-corrected chi connectivity index (χ4v) is 2.86. The standard InChI is InChI=1S/C11H16ClFN2O3S/c1-6(2)10(16)5-15-19(17,18)11-4-9(14)8(13)3-7(11)12/h3-4,6,10,15-16H,5,14H2,1-2H3. The number of nitrogens with two attached hydrogens (primary N) is 1. The number of nitrogen functional groups attached to an aromatic ring is 1. The van der Waals surface area contributed by atoms with Crippen molar-refractivity contribution in [1.29, 1.82) is 0 Å². The average molecular weight is 311 g/mol. The Morgan fingerprint density at radius 2 is 2.05 bits per heavy atom. The molecule has 1 atom stereocenters. The first kappa shape index (κ1) is 16.2. The van der Waals surface area contributed by atoms with Crippen LogP contribution in [-0.4, -0.2) is 26.2 Å². The summed E-state index contributed by atoms with van der Waals surface area (Å²) in [6.07, 6.45) is -0.827. The first-order valence-corrected chi connectivity index (χ1v) is 7.43. The van der Waals surface area contributed by atoms with Crippen molar-refractivity contribution in [3.63, 3.8) is 0 Å². The number of nitrogens with one attached hydrogen (secondary N) is 1. The number of aliphatic hydroxyl groups is 1. The molecule has 0 aliphatic heterocycles. The van der Waals surface area contributed by atoms with Crippen LogP contribution in [0.1, 0.15) is 13.8 Å². The van der Waals surface area contributed by atoms with Crippen molar-refractivity contribution in [1.82, 2.24) is 4.72 Å². The van der Waals surface area contributed by atoms with Gasteiger partial charge >= 0.3 is 0 Å². The summed E-state index contributed by atoms with van der Waals surface area (Å²) < 4.78 is 39.2. The summed E-state index contributed by atoms with van der Waals surface area (Å²) >= 11 is 5.69. The first-order chi connectivity index (χ1) is 8.65. The van der Waals surface area contributed by atoms with Crippen molar-refractivity contribution >= 4 is 27.3 Å². The van der Waals surface area contributed by atoms with E-state index in [1.807, 2.05) is 0 Å². The zero-order valence-electron chi connectivity index (χ0n) is 10.5. The van der Waals surface area contributed by atoms with Gasteiger partial charge in [0.25, 0.3) is 0 Å². The van der Waals surface area contributed by atoms with Gasteiger partial charge in [0.05, 0.1) is 16.8 Å². The molecule has 0 bridgehead atoms. The maximum Gasteiger partial charge on any atom is 0.242 e. The molecule has 0 aromatic heterocycles. The van der Waals surface area contributed by atoms with E-state index in [-0.39, 0.29) is 28.1 Å². The molecule has 0 saturated carbocycles. The summed E-state index contributed by atoms with van der Waals surface area (Å²) in [7, 11) is -3.95. The minimum atomic E-state index is -3.95. The lowest BCUT2D eigenvalue weighted by Crippen LogP contribution is -2.34. The summed E-state index contributed by atoms with van der Waals surface area (Å²) in [4.78, 5) is -0.316. The quantitative estimate of drug-likeness (QED) is 0.716. The maximum atomic E-state index is 13.1. The Labute approximate surface area is 116 Å². The van der Waals surface area contributed by atoms with Crippen molar-refractivity contribution in [2.24, 2.45) is 5.92 Å². The Kier molecular flexibility index (Phi) is 5.14. The third kappa shape index (κ3) is 4.04. The fourth-order valence-electron chi connectivity index (χ4n) is 1.26. The molecule has 0 fully saturated rings. The number of anilines is 1. The number of halogens is 2. The molecule has 1 aromatic carbocycles. The third-order valence-corrected chi connectivity index (χ3v) is 4.48. The smallest absolute Gasteiger partial charge is 0.242 e. The van der Waals surface area contributed by atoms with Crippen LogP contribution in [0, 0.1) is 11.7 Å². The number of rotatable bonds is 5. The number of hydrogen-bond donors (Lipinski definition) is 3. The molecule has 4 N–H and O–H groups in total. The fraction of sp³-hybridized carbons (Fsp3) is 0.455. The molecule has 0 radical (unpaired) electrons. The van der Waals surface area contributed by atoms with E-state index in [0.29, 0.717) is 0 Å². The lowest BCUT2D eigenvalue weighted by molar-refractivity contribution is 0.129. The van der Waals surface area contributed by atoms with E-state index in [1.165, 1.54) is 0 Å². The minimum Gasteiger partial charge on any atom is -0.396 e. The Morgan fingerprint density at radius 1 is 1.47 bits per heavy atom. The van der Waals surface area contributed by atoms with Gasteiger partial charge in [-0.15, -0.1) is 0 Å². The highest BCUT2D eigenvalue weighted by Crippen LogP contribution is 2.26. The van der Waals surface area contributed by atoms with E-state index in [9.17, 15) is 17.9 Å². The van der Waals surface area contributed by atoms with Crippen LogP contribution >= 0.6 is 11.6 Å². The molecule has 1 rings (SSSR count). The van der Waals surface area contributed by atoms with Gasteiger partial charge in [-0.2, -0.15) is 0 Å². The van der Waals surface area contributed by atoms with Crippen LogP contribution in [0.25, 0.3) is 0 Å². The second kappa shape index (κ2) is 6.04. The highest BCUT2D eigenvalue weighted by Gasteiger charge is 2.21. The van der Waals surface area contributed by atoms with Gasteiger partial charge in [-0.1, -0.05) is 25.4 Å². The normalized spacial score (nSPS) is 13.8. The van der Waals surface area contributed by atoms with Crippen LogP contribution < -0.4 is 10.5 Å². The van der Waals surface area contributed by atoms with Crippen LogP contribution in [-0.2, 0) is 10.0 Å². The molecule has 0 aliphatic rings. The van der Waals surface area contributed by atoms with Gasteiger partial charge < -0.3 is 10.8 Å². The van der Waals surface area contributed by atoms with E-state index >= 15 is 0 Å².